The van der Waals surface area contributed by atoms with E-state index in [1.807, 2.05) is 42.7 Å². The first kappa shape index (κ1) is 12.7. The fraction of sp³-hybridized carbons (Fsp3) is 0.267. The summed E-state index contributed by atoms with van der Waals surface area (Å²) in [6.07, 6.45) is 3.78. The minimum absolute atomic E-state index is 0.312. The smallest absolute Gasteiger partial charge is 0.188 e. The average molecular weight is 244 g/mol. The van der Waals surface area contributed by atoms with Crippen molar-refractivity contribution >= 4 is 0 Å². The molecule has 94 valence electrons. The van der Waals surface area contributed by atoms with Crippen LogP contribution in [0.3, 0.4) is 0 Å². The summed E-state index contributed by atoms with van der Waals surface area (Å²) in [5.41, 5.74) is 2.28. The topological polar surface area (TPSA) is 22.3 Å². The van der Waals surface area contributed by atoms with E-state index in [2.05, 4.69) is 16.7 Å². The van der Waals surface area contributed by atoms with E-state index in [-0.39, 0.29) is 6.29 Å². The van der Waals surface area contributed by atoms with Crippen molar-refractivity contribution in [3.8, 4) is 0 Å². The molecule has 0 amide bonds. The van der Waals surface area contributed by atoms with Gasteiger partial charge < -0.3 is 9.47 Å². The van der Waals surface area contributed by atoms with E-state index in [0.29, 0.717) is 0 Å². The number of methoxy groups -OCH3 is 2. The Balaban J connectivity index is 2.17. The highest BCUT2D eigenvalue weighted by Crippen LogP contribution is 2.14. The highest BCUT2D eigenvalue weighted by atomic mass is 16.7. The van der Waals surface area contributed by atoms with Crippen LogP contribution >= 0.6 is 0 Å². The number of pyridine rings is 1. The number of hydrogen-bond donors (Lipinski definition) is 0. The van der Waals surface area contributed by atoms with E-state index in [9.17, 15) is 0 Å². The van der Waals surface area contributed by atoms with Gasteiger partial charge in [-0.25, -0.2) is 4.57 Å². The van der Waals surface area contributed by atoms with Gasteiger partial charge in [0.25, 0.3) is 0 Å². The molecule has 0 aliphatic heterocycles. The fourth-order valence-corrected chi connectivity index (χ4v) is 1.94. The Hall–Kier alpha value is -1.71. The van der Waals surface area contributed by atoms with Gasteiger partial charge >= 0.3 is 0 Å². The second kappa shape index (κ2) is 6.28. The van der Waals surface area contributed by atoms with Crippen LogP contribution in [0.4, 0.5) is 0 Å². The first-order chi connectivity index (χ1) is 8.83. The molecule has 0 unspecified atom stereocenters. The lowest BCUT2D eigenvalue weighted by Gasteiger charge is -2.11. The average Bonchev–Trinajstić information content (AvgIpc) is 2.42. The monoisotopic (exact) mass is 244 g/mol. The Morgan fingerprint density at radius 2 is 1.72 bits per heavy atom. The third-order valence-corrected chi connectivity index (χ3v) is 2.79. The van der Waals surface area contributed by atoms with E-state index < -0.39 is 0 Å². The van der Waals surface area contributed by atoms with E-state index in [1.54, 1.807) is 14.2 Å². The number of nitrogens with zero attached hydrogens (tertiary/aromatic N) is 1. The first-order valence-corrected chi connectivity index (χ1v) is 5.92. The molecule has 1 heterocycles. The van der Waals surface area contributed by atoms with Gasteiger partial charge in [-0.05, 0) is 6.07 Å². The van der Waals surface area contributed by atoms with Gasteiger partial charge in [0.1, 0.15) is 0 Å². The summed E-state index contributed by atoms with van der Waals surface area (Å²) >= 11 is 0. The summed E-state index contributed by atoms with van der Waals surface area (Å²) in [5.74, 6) is 0. The molecule has 0 fully saturated rings. The van der Waals surface area contributed by atoms with Gasteiger partial charge in [0.05, 0.1) is 5.56 Å². The van der Waals surface area contributed by atoms with Gasteiger partial charge in [0, 0.05) is 25.8 Å². The van der Waals surface area contributed by atoms with Crippen molar-refractivity contribution in [2.24, 2.45) is 0 Å². The van der Waals surface area contributed by atoms with Crippen molar-refractivity contribution in [3.63, 3.8) is 0 Å². The Labute approximate surface area is 108 Å². The van der Waals surface area contributed by atoms with Crippen LogP contribution in [0.15, 0.2) is 54.9 Å². The standard InChI is InChI=1S/C15H18NO2/c1-17-15(18-2)14-9-6-10-16(12-14)11-13-7-4-3-5-8-13/h3-10,12,15H,11H2,1-2H3/q+1. The number of ether oxygens (including phenoxy) is 2. The van der Waals surface area contributed by atoms with Crippen molar-refractivity contribution in [1.29, 1.82) is 0 Å². The Morgan fingerprint density at radius 3 is 2.39 bits per heavy atom. The minimum Gasteiger partial charge on any atom is -0.351 e. The maximum atomic E-state index is 5.26. The summed E-state index contributed by atoms with van der Waals surface area (Å²) in [6.45, 7) is 0.842. The summed E-state index contributed by atoms with van der Waals surface area (Å²) in [4.78, 5) is 0. The van der Waals surface area contributed by atoms with Crippen LogP contribution in [0.1, 0.15) is 17.4 Å². The van der Waals surface area contributed by atoms with Crippen molar-refractivity contribution in [1.82, 2.24) is 0 Å². The zero-order valence-corrected chi connectivity index (χ0v) is 10.7. The predicted octanol–water partition coefficient (Wildman–Crippen LogP) is 2.31. The van der Waals surface area contributed by atoms with Crippen LogP contribution in [0.5, 0.6) is 0 Å². The summed E-state index contributed by atoms with van der Waals surface area (Å²) in [5, 5.41) is 0. The molecular formula is C15H18NO2+. The SMILES string of the molecule is COC(OC)c1ccc[n+](Cc2ccccc2)c1. The normalized spacial score (nSPS) is 10.8. The molecular weight excluding hydrogens is 226 g/mol. The van der Waals surface area contributed by atoms with Gasteiger partial charge in [-0.15, -0.1) is 0 Å². The van der Waals surface area contributed by atoms with Crippen molar-refractivity contribution in [3.05, 3.63) is 66.0 Å². The second-order valence-electron chi connectivity index (χ2n) is 4.10. The number of hydrogen-bond acceptors (Lipinski definition) is 2. The molecule has 3 heteroatoms. The summed E-state index contributed by atoms with van der Waals surface area (Å²) in [6, 6.07) is 14.4. The van der Waals surface area contributed by atoms with Crippen LogP contribution < -0.4 is 4.57 Å². The van der Waals surface area contributed by atoms with Gasteiger partial charge in [0.2, 0.25) is 0 Å². The highest BCUT2D eigenvalue weighted by molar-refractivity contribution is 5.13. The zero-order chi connectivity index (χ0) is 12.8. The lowest BCUT2D eigenvalue weighted by atomic mass is 10.2. The van der Waals surface area contributed by atoms with Gasteiger partial charge in [-0.2, -0.15) is 0 Å². The number of benzene rings is 1. The van der Waals surface area contributed by atoms with E-state index in [1.165, 1.54) is 5.56 Å². The van der Waals surface area contributed by atoms with Crippen molar-refractivity contribution in [2.75, 3.05) is 14.2 Å². The molecule has 0 N–H and O–H groups in total. The van der Waals surface area contributed by atoms with Crippen LogP contribution in [0.2, 0.25) is 0 Å². The number of aromatic nitrogens is 1. The molecule has 2 aromatic rings. The quantitative estimate of drug-likeness (QED) is 0.595. The minimum atomic E-state index is -0.312. The molecule has 0 saturated heterocycles. The van der Waals surface area contributed by atoms with E-state index in [0.717, 1.165) is 12.1 Å². The summed E-state index contributed by atoms with van der Waals surface area (Å²) in [7, 11) is 3.28. The first-order valence-electron chi connectivity index (χ1n) is 5.92. The third kappa shape index (κ3) is 3.15. The molecule has 0 aliphatic carbocycles. The lowest BCUT2D eigenvalue weighted by Crippen LogP contribution is -2.34. The zero-order valence-electron chi connectivity index (χ0n) is 10.7. The largest absolute Gasteiger partial charge is 0.351 e. The van der Waals surface area contributed by atoms with Crippen LogP contribution in [0.25, 0.3) is 0 Å². The molecule has 0 saturated carbocycles. The summed E-state index contributed by atoms with van der Waals surface area (Å²) < 4.78 is 12.6. The molecule has 2 rings (SSSR count). The third-order valence-electron chi connectivity index (χ3n) is 2.79. The van der Waals surface area contributed by atoms with Crippen LogP contribution in [0, 0.1) is 0 Å². The maximum absolute atomic E-state index is 5.26. The van der Waals surface area contributed by atoms with Crippen LogP contribution in [-0.4, -0.2) is 14.2 Å². The Kier molecular flexibility index (Phi) is 4.45. The Bertz CT molecular complexity index is 481. The maximum Gasteiger partial charge on any atom is 0.188 e. The van der Waals surface area contributed by atoms with Gasteiger partial charge in [0.15, 0.2) is 25.2 Å². The fourth-order valence-electron chi connectivity index (χ4n) is 1.94. The molecule has 0 aliphatic rings. The lowest BCUT2D eigenvalue weighted by molar-refractivity contribution is -0.689. The molecule has 0 bridgehead atoms. The second-order valence-corrected chi connectivity index (χ2v) is 4.10. The molecule has 0 spiro atoms. The van der Waals surface area contributed by atoms with E-state index in [4.69, 9.17) is 9.47 Å². The molecule has 0 atom stereocenters. The van der Waals surface area contributed by atoms with Crippen molar-refractivity contribution < 1.29 is 14.0 Å². The van der Waals surface area contributed by atoms with Gasteiger partial charge in [-0.3, -0.25) is 0 Å². The van der Waals surface area contributed by atoms with Crippen LogP contribution in [-0.2, 0) is 16.0 Å². The molecule has 1 aromatic heterocycles. The highest BCUT2D eigenvalue weighted by Gasteiger charge is 2.13. The molecule has 1 aromatic carbocycles. The Morgan fingerprint density at radius 1 is 1.00 bits per heavy atom. The van der Waals surface area contributed by atoms with Crippen molar-refractivity contribution in [2.45, 2.75) is 12.8 Å². The van der Waals surface area contributed by atoms with E-state index >= 15 is 0 Å². The van der Waals surface area contributed by atoms with Gasteiger partial charge in [-0.1, -0.05) is 30.3 Å². The molecule has 0 radical (unpaired) electrons. The molecule has 18 heavy (non-hydrogen) atoms. The molecule has 3 nitrogen and oxygen atoms in total. The number of rotatable bonds is 5. The predicted molar refractivity (Wildman–Crippen MR) is 68.9 cm³/mol.